The molecule has 1 amide bonds. The van der Waals surface area contributed by atoms with Gasteiger partial charge in [-0.2, -0.15) is 0 Å². The number of rotatable bonds is 4. The van der Waals surface area contributed by atoms with Crippen molar-refractivity contribution >= 4 is 23.8 Å². The maximum atomic E-state index is 10.3. The van der Waals surface area contributed by atoms with E-state index in [0.29, 0.717) is 11.1 Å². The molecule has 2 rings (SSSR count). The first-order chi connectivity index (χ1) is 13.5. The third-order valence-electron chi connectivity index (χ3n) is 3.43. The molecule has 154 valence electrons. The molecule has 0 spiro atoms. The van der Waals surface area contributed by atoms with E-state index in [0.717, 1.165) is 18.1 Å². The van der Waals surface area contributed by atoms with E-state index in [4.69, 9.17) is 15.3 Å². The average molecular weight is 403 g/mol. The Balaban J connectivity index is 0.000000407. The van der Waals surface area contributed by atoms with Crippen LogP contribution in [-0.2, 0) is 9.59 Å². The molecule has 0 aliphatic carbocycles. The van der Waals surface area contributed by atoms with Gasteiger partial charge in [0.25, 0.3) is 5.91 Å². The average Bonchev–Trinajstić information content (AvgIpc) is 2.68. The van der Waals surface area contributed by atoms with Crippen molar-refractivity contribution in [1.82, 2.24) is 0 Å². The minimum atomic E-state index is -1.33. The standard InChI is InChI=1S/2C8H8O2.C4H5NO4/c2*1-6-2-4-7(5-3-6)8(9)10;1-2(4(7)8)3(6)5-9/h2*2-5H,1H3,(H,9,10);2H,1H3,(H,7,8). The van der Waals surface area contributed by atoms with Gasteiger partial charge in [-0.3, -0.25) is 9.59 Å². The zero-order valence-electron chi connectivity index (χ0n) is 16.0. The van der Waals surface area contributed by atoms with Gasteiger partial charge in [-0.15, -0.1) is 4.91 Å². The number of aromatic carboxylic acids is 2. The monoisotopic (exact) mass is 403 g/mol. The van der Waals surface area contributed by atoms with Crippen LogP contribution < -0.4 is 0 Å². The van der Waals surface area contributed by atoms with Gasteiger partial charge >= 0.3 is 17.9 Å². The second kappa shape index (κ2) is 12.5. The summed E-state index contributed by atoms with van der Waals surface area (Å²) in [4.78, 5) is 50.0. The molecular weight excluding hydrogens is 382 g/mol. The normalized spacial score (nSPS) is 10.2. The Hall–Kier alpha value is -3.88. The van der Waals surface area contributed by atoms with Gasteiger partial charge in [-0.1, -0.05) is 35.4 Å². The highest BCUT2D eigenvalue weighted by molar-refractivity contribution is 5.96. The maximum absolute atomic E-state index is 10.3. The van der Waals surface area contributed by atoms with Crippen LogP contribution in [0.4, 0.5) is 0 Å². The van der Waals surface area contributed by atoms with Gasteiger partial charge < -0.3 is 15.3 Å². The predicted molar refractivity (Wildman–Crippen MR) is 104 cm³/mol. The number of hydrogen-bond acceptors (Lipinski definition) is 5. The fraction of sp³-hybridized carbons (Fsp3) is 0.200. The van der Waals surface area contributed by atoms with Gasteiger partial charge in [0.05, 0.1) is 11.1 Å². The Kier molecular flexibility index (Phi) is 10.8. The number of aryl methyl sites for hydroxylation is 2. The van der Waals surface area contributed by atoms with Crippen molar-refractivity contribution in [3.8, 4) is 0 Å². The Morgan fingerprint density at radius 3 is 1.21 bits per heavy atom. The molecule has 0 bridgehead atoms. The van der Waals surface area contributed by atoms with Crippen molar-refractivity contribution in [3.05, 3.63) is 75.7 Å². The van der Waals surface area contributed by atoms with Crippen LogP contribution in [0, 0.1) is 24.7 Å². The third-order valence-corrected chi connectivity index (χ3v) is 3.43. The fourth-order valence-corrected chi connectivity index (χ4v) is 1.58. The number of benzene rings is 2. The molecule has 9 nitrogen and oxygen atoms in total. The third kappa shape index (κ3) is 10.1. The molecule has 9 heteroatoms. The van der Waals surface area contributed by atoms with Gasteiger partial charge in [0.1, 0.15) is 5.92 Å². The number of nitroso groups, excluding NO2 is 1. The van der Waals surface area contributed by atoms with Crippen molar-refractivity contribution < 1.29 is 34.5 Å². The predicted octanol–water partition coefficient (Wildman–Crippen LogP) is 3.39. The number of nitrogens with zero attached hydrogens (tertiary/aromatic N) is 1. The lowest BCUT2D eigenvalue weighted by Crippen LogP contribution is -2.17. The van der Waals surface area contributed by atoms with E-state index in [2.05, 4.69) is 0 Å². The molecule has 0 saturated heterocycles. The molecule has 2 aromatic carbocycles. The van der Waals surface area contributed by atoms with Crippen LogP contribution in [0.1, 0.15) is 38.8 Å². The topological polar surface area (TPSA) is 158 Å². The van der Waals surface area contributed by atoms with Crippen LogP contribution in [0.2, 0.25) is 0 Å². The zero-order chi connectivity index (χ0) is 22.6. The van der Waals surface area contributed by atoms with E-state index >= 15 is 0 Å². The van der Waals surface area contributed by atoms with E-state index < -0.39 is 29.7 Å². The summed E-state index contributed by atoms with van der Waals surface area (Å²) in [6.07, 6.45) is 0. The molecular formula is C20H21NO8. The summed E-state index contributed by atoms with van der Waals surface area (Å²) in [7, 11) is 0. The van der Waals surface area contributed by atoms with Crippen molar-refractivity contribution in [3.63, 3.8) is 0 Å². The number of carboxylic acids is 3. The van der Waals surface area contributed by atoms with Crippen LogP contribution in [0.5, 0.6) is 0 Å². The zero-order valence-corrected chi connectivity index (χ0v) is 16.0. The van der Waals surface area contributed by atoms with Gasteiger partial charge in [0.2, 0.25) is 0 Å². The highest BCUT2D eigenvalue weighted by atomic mass is 16.4. The number of carbonyl (C=O) groups is 4. The van der Waals surface area contributed by atoms with Crippen molar-refractivity contribution in [1.29, 1.82) is 0 Å². The number of carbonyl (C=O) groups excluding carboxylic acids is 1. The fourth-order valence-electron chi connectivity index (χ4n) is 1.58. The number of aliphatic carboxylic acids is 1. The molecule has 2 aromatic rings. The van der Waals surface area contributed by atoms with Crippen LogP contribution >= 0.6 is 0 Å². The van der Waals surface area contributed by atoms with Gasteiger partial charge in [0.15, 0.2) is 0 Å². The molecule has 1 atom stereocenters. The van der Waals surface area contributed by atoms with E-state index in [1.807, 2.05) is 19.0 Å². The molecule has 0 heterocycles. The number of amides is 1. The van der Waals surface area contributed by atoms with Crippen LogP contribution in [0.25, 0.3) is 0 Å². The van der Waals surface area contributed by atoms with Crippen LogP contribution in [-0.4, -0.2) is 39.1 Å². The van der Waals surface area contributed by atoms with Crippen molar-refractivity contribution in [2.45, 2.75) is 20.8 Å². The Labute approximate surface area is 166 Å². The van der Waals surface area contributed by atoms with E-state index in [9.17, 15) is 24.1 Å². The van der Waals surface area contributed by atoms with E-state index in [1.54, 1.807) is 48.5 Å². The lowest BCUT2D eigenvalue weighted by molar-refractivity contribution is -0.145. The number of hydrogen-bond donors (Lipinski definition) is 3. The lowest BCUT2D eigenvalue weighted by Gasteiger charge is -1.93. The van der Waals surface area contributed by atoms with E-state index in [1.165, 1.54) is 0 Å². The Morgan fingerprint density at radius 1 is 0.724 bits per heavy atom. The second-order valence-corrected chi connectivity index (χ2v) is 5.83. The van der Waals surface area contributed by atoms with Gasteiger partial charge in [-0.05, 0) is 45.0 Å². The molecule has 0 aromatic heterocycles. The summed E-state index contributed by atoms with van der Waals surface area (Å²) >= 11 is 0. The minimum Gasteiger partial charge on any atom is -0.481 e. The van der Waals surface area contributed by atoms with Gasteiger partial charge in [0, 0.05) is 5.18 Å². The second-order valence-electron chi connectivity index (χ2n) is 5.83. The smallest absolute Gasteiger partial charge is 0.335 e. The summed E-state index contributed by atoms with van der Waals surface area (Å²) in [5.74, 6) is -5.55. The molecule has 29 heavy (non-hydrogen) atoms. The minimum absolute atomic E-state index is 0.339. The summed E-state index contributed by atoms with van der Waals surface area (Å²) in [5.41, 5.74) is 2.83. The highest BCUT2D eigenvalue weighted by Crippen LogP contribution is 2.02. The molecule has 0 aliphatic heterocycles. The Bertz CT molecular complexity index is 802. The quantitative estimate of drug-likeness (QED) is 0.517. The first kappa shape index (κ1) is 25.1. The first-order valence-electron chi connectivity index (χ1n) is 8.19. The molecule has 3 N–H and O–H groups in total. The maximum Gasteiger partial charge on any atom is 0.335 e. The van der Waals surface area contributed by atoms with Crippen LogP contribution in [0.15, 0.2) is 53.7 Å². The highest BCUT2D eigenvalue weighted by Gasteiger charge is 2.20. The molecule has 0 fully saturated rings. The Morgan fingerprint density at radius 2 is 1.03 bits per heavy atom. The summed E-state index contributed by atoms with van der Waals surface area (Å²) in [6, 6.07) is 13.5. The summed E-state index contributed by atoms with van der Waals surface area (Å²) in [6.45, 7) is 4.95. The van der Waals surface area contributed by atoms with Crippen molar-refractivity contribution in [2.24, 2.45) is 11.1 Å². The molecule has 0 radical (unpaired) electrons. The van der Waals surface area contributed by atoms with Crippen molar-refractivity contribution in [2.75, 3.05) is 0 Å². The van der Waals surface area contributed by atoms with Crippen LogP contribution in [0.3, 0.4) is 0 Å². The lowest BCUT2D eigenvalue weighted by atomic mass is 10.2. The van der Waals surface area contributed by atoms with Gasteiger partial charge in [-0.25, -0.2) is 9.59 Å². The van der Waals surface area contributed by atoms with E-state index in [-0.39, 0.29) is 0 Å². The molecule has 0 aliphatic rings. The summed E-state index contributed by atoms with van der Waals surface area (Å²) < 4.78 is 0. The summed E-state index contributed by atoms with van der Waals surface area (Å²) in [5, 5.41) is 27.0. The number of carboxylic acid groups (broad SMARTS) is 3. The molecule has 1 unspecified atom stereocenters. The first-order valence-corrected chi connectivity index (χ1v) is 8.19. The molecule has 0 saturated carbocycles. The largest absolute Gasteiger partial charge is 0.481 e. The SMILES string of the molecule is CC(C(=O)O)C(=O)N=O.Cc1ccc(C(=O)O)cc1.Cc1ccc(C(=O)O)cc1.